The summed E-state index contributed by atoms with van der Waals surface area (Å²) in [5, 5.41) is 8.35. The Labute approximate surface area is 116 Å². The molecule has 1 fully saturated rings. The summed E-state index contributed by atoms with van der Waals surface area (Å²) in [6, 6.07) is 5.07. The van der Waals surface area contributed by atoms with Gasteiger partial charge in [0.25, 0.3) is 0 Å². The van der Waals surface area contributed by atoms with E-state index in [9.17, 15) is 18.3 Å². The summed E-state index contributed by atoms with van der Waals surface area (Å²) in [5.41, 5.74) is 0.670. The van der Waals surface area contributed by atoms with Crippen LogP contribution in [0.5, 0.6) is 11.5 Å². The Kier molecular flexibility index (Phi) is 2.89. The van der Waals surface area contributed by atoms with E-state index in [1.807, 2.05) is 0 Å². The Bertz CT molecular complexity index is 665. The number of ether oxygens (including phenoxy) is 2. The number of benzene rings is 1. The van der Waals surface area contributed by atoms with E-state index < -0.39 is 32.9 Å². The van der Waals surface area contributed by atoms with Gasteiger partial charge in [0.1, 0.15) is 0 Å². The van der Waals surface area contributed by atoms with Gasteiger partial charge in [0.15, 0.2) is 21.3 Å². The lowest BCUT2D eigenvalue weighted by molar-refractivity contribution is -0.138. The summed E-state index contributed by atoms with van der Waals surface area (Å²) < 4.78 is 34.4. The molecule has 0 saturated heterocycles. The highest BCUT2D eigenvalue weighted by Crippen LogP contribution is 2.54. The molecule has 1 aromatic rings. The Balaban J connectivity index is 1.95. The van der Waals surface area contributed by atoms with E-state index in [0.717, 1.165) is 0 Å². The van der Waals surface area contributed by atoms with Gasteiger partial charge in [0, 0.05) is 11.7 Å². The van der Waals surface area contributed by atoms with E-state index in [0.29, 0.717) is 17.1 Å². The predicted molar refractivity (Wildman–Crippen MR) is 69.7 cm³/mol. The number of sulfone groups is 1. The smallest absolute Gasteiger partial charge is 0.308 e. The van der Waals surface area contributed by atoms with Gasteiger partial charge in [-0.25, -0.2) is 8.42 Å². The largest absolute Gasteiger partial charge is 0.481 e. The van der Waals surface area contributed by atoms with E-state index in [1.165, 1.54) is 6.92 Å². The first-order chi connectivity index (χ1) is 9.45. The fourth-order valence-electron chi connectivity index (χ4n) is 2.73. The van der Waals surface area contributed by atoms with Gasteiger partial charge in [-0.2, -0.15) is 0 Å². The molecule has 108 valence electrons. The van der Waals surface area contributed by atoms with Crippen LogP contribution < -0.4 is 9.47 Å². The summed E-state index contributed by atoms with van der Waals surface area (Å²) in [5.74, 6) is -1.38. The molecule has 3 rings (SSSR count). The van der Waals surface area contributed by atoms with Crippen LogP contribution in [0.2, 0.25) is 0 Å². The Morgan fingerprint density at radius 1 is 1.35 bits per heavy atom. The fraction of sp³-hybridized carbons (Fsp3) is 0.462. The average molecular weight is 298 g/mol. The second kappa shape index (κ2) is 4.37. The molecule has 20 heavy (non-hydrogen) atoms. The number of carboxylic acids is 1. The Morgan fingerprint density at radius 2 is 2.05 bits per heavy atom. The zero-order valence-electron chi connectivity index (χ0n) is 10.8. The molecule has 6 nitrogen and oxygen atoms in total. The van der Waals surface area contributed by atoms with Crippen LogP contribution >= 0.6 is 0 Å². The van der Waals surface area contributed by atoms with Crippen LogP contribution in [0.15, 0.2) is 18.2 Å². The number of carboxylic acid groups (broad SMARTS) is 1. The van der Waals surface area contributed by atoms with Crippen molar-refractivity contribution in [2.75, 3.05) is 12.5 Å². The van der Waals surface area contributed by atoms with Crippen molar-refractivity contribution in [3.8, 4) is 11.5 Å². The van der Waals surface area contributed by atoms with Gasteiger partial charge in [0.05, 0.1) is 11.2 Å². The minimum atomic E-state index is -3.38. The van der Waals surface area contributed by atoms with E-state index in [1.54, 1.807) is 18.2 Å². The second-order valence-corrected chi connectivity index (χ2v) is 7.37. The van der Waals surface area contributed by atoms with E-state index in [-0.39, 0.29) is 12.5 Å². The van der Waals surface area contributed by atoms with E-state index in [4.69, 9.17) is 9.47 Å². The SMILES string of the molecule is CCS(=O)(=O)[C@H]1[C@@H](C(=O)O)[C@@H]1c1ccc2c(c1)OCO2. The number of rotatable bonds is 4. The van der Waals surface area contributed by atoms with Crippen molar-refractivity contribution in [3.05, 3.63) is 23.8 Å². The van der Waals surface area contributed by atoms with Crippen LogP contribution in [0.4, 0.5) is 0 Å². The molecule has 0 unspecified atom stereocenters. The topological polar surface area (TPSA) is 89.9 Å². The summed E-state index contributed by atoms with van der Waals surface area (Å²) >= 11 is 0. The molecule has 0 bridgehead atoms. The quantitative estimate of drug-likeness (QED) is 0.892. The summed E-state index contributed by atoms with van der Waals surface area (Å²) in [7, 11) is -3.38. The van der Waals surface area contributed by atoms with Crippen molar-refractivity contribution in [1.82, 2.24) is 0 Å². The van der Waals surface area contributed by atoms with Crippen molar-refractivity contribution < 1.29 is 27.8 Å². The Hall–Kier alpha value is -1.76. The van der Waals surface area contributed by atoms with Crippen molar-refractivity contribution in [3.63, 3.8) is 0 Å². The zero-order chi connectivity index (χ0) is 14.5. The third-order valence-electron chi connectivity index (χ3n) is 3.84. The van der Waals surface area contributed by atoms with Crippen molar-refractivity contribution in [2.45, 2.75) is 18.1 Å². The molecule has 0 aromatic heterocycles. The van der Waals surface area contributed by atoms with Crippen LogP contribution in [-0.2, 0) is 14.6 Å². The summed E-state index contributed by atoms with van der Waals surface area (Å²) in [4.78, 5) is 11.2. The lowest BCUT2D eigenvalue weighted by Gasteiger charge is -2.02. The number of hydrogen-bond acceptors (Lipinski definition) is 5. The first-order valence-electron chi connectivity index (χ1n) is 6.29. The molecule has 1 aliphatic carbocycles. The third-order valence-corrected chi connectivity index (χ3v) is 6.06. The minimum absolute atomic E-state index is 0.0531. The molecule has 0 spiro atoms. The maximum absolute atomic E-state index is 12.0. The van der Waals surface area contributed by atoms with Crippen LogP contribution in [0, 0.1) is 5.92 Å². The minimum Gasteiger partial charge on any atom is -0.481 e. The molecule has 1 saturated carbocycles. The first kappa shape index (κ1) is 13.2. The van der Waals surface area contributed by atoms with Crippen LogP contribution in [0.1, 0.15) is 18.4 Å². The molecule has 1 aromatic carbocycles. The molecule has 2 aliphatic rings. The van der Waals surface area contributed by atoms with Crippen LogP contribution in [0.25, 0.3) is 0 Å². The standard InChI is InChI=1S/C13H14O6S/c1-2-20(16,17)12-10(11(12)13(14)15)7-3-4-8-9(5-7)19-6-18-8/h3-5,10-12H,2,6H2,1H3,(H,14,15)/t10-,11-,12+/m0/s1. The highest BCUT2D eigenvalue weighted by molar-refractivity contribution is 7.92. The number of fused-ring (bicyclic) bond motifs is 1. The lowest BCUT2D eigenvalue weighted by Crippen LogP contribution is -2.14. The molecular weight excluding hydrogens is 284 g/mol. The van der Waals surface area contributed by atoms with Crippen molar-refractivity contribution in [2.24, 2.45) is 5.92 Å². The molecule has 3 atom stereocenters. The van der Waals surface area contributed by atoms with Gasteiger partial charge in [-0.1, -0.05) is 13.0 Å². The average Bonchev–Trinajstić information content (AvgIpc) is 3.02. The van der Waals surface area contributed by atoms with Gasteiger partial charge >= 0.3 is 5.97 Å². The second-order valence-electron chi connectivity index (χ2n) is 4.92. The molecule has 0 radical (unpaired) electrons. The highest BCUT2D eigenvalue weighted by atomic mass is 32.2. The van der Waals surface area contributed by atoms with Crippen LogP contribution in [0.3, 0.4) is 0 Å². The molecular formula is C13H14O6S. The van der Waals surface area contributed by atoms with Gasteiger partial charge in [-0.3, -0.25) is 4.79 Å². The molecule has 1 N–H and O–H groups in total. The molecule has 1 heterocycles. The highest BCUT2D eigenvalue weighted by Gasteiger charge is 2.62. The maximum atomic E-state index is 12.0. The number of hydrogen-bond donors (Lipinski definition) is 1. The Morgan fingerprint density at radius 3 is 2.70 bits per heavy atom. The summed E-state index contributed by atoms with van der Waals surface area (Å²) in [6.45, 7) is 1.66. The summed E-state index contributed by atoms with van der Waals surface area (Å²) in [6.07, 6.45) is 0. The van der Waals surface area contributed by atoms with E-state index in [2.05, 4.69) is 0 Å². The third kappa shape index (κ3) is 1.93. The first-order valence-corrected chi connectivity index (χ1v) is 8.01. The zero-order valence-corrected chi connectivity index (χ0v) is 11.6. The van der Waals surface area contributed by atoms with Gasteiger partial charge in [-0.05, 0) is 17.7 Å². The monoisotopic (exact) mass is 298 g/mol. The molecule has 0 amide bonds. The van der Waals surface area contributed by atoms with Crippen molar-refractivity contribution >= 4 is 15.8 Å². The van der Waals surface area contributed by atoms with Crippen molar-refractivity contribution in [1.29, 1.82) is 0 Å². The predicted octanol–water partition coefficient (Wildman–Crippen LogP) is 1.02. The molecule has 7 heteroatoms. The van der Waals surface area contributed by atoms with Gasteiger partial charge < -0.3 is 14.6 Å². The maximum Gasteiger partial charge on any atom is 0.308 e. The fourth-order valence-corrected chi connectivity index (χ4v) is 4.53. The normalized spacial score (nSPS) is 27.4. The number of aliphatic carboxylic acids is 1. The molecule has 1 aliphatic heterocycles. The van der Waals surface area contributed by atoms with Gasteiger partial charge in [0.2, 0.25) is 6.79 Å². The van der Waals surface area contributed by atoms with Crippen LogP contribution in [-0.4, -0.2) is 37.3 Å². The lowest BCUT2D eigenvalue weighted by atomic mass is 10.1. The van der Waals surface area contributed by atoms with Gasteiger partial charge in [-0.15, -0.1) is 0 Å². The van der Waals surface area contributed by atoms with E-state index >= 15 is 0 Å². The number of carbonyl (C=O) groups is 1.